The Morgan fingerprint density at radius 1 is 1.13 bits per heavy atom. The lowest BCUT2D eigenvalue weighted by molar-refractivity contribution is -0.125. The van der Waals surface area contributed by atoms with E-state index in [-0.39, 0.29) is 35.4 Å². The third-order valence-electron chi connectivity index (χ3n) is 6.67. The fraction of sp³-hybridized carbons (Fsp3) is 0.320. The number of likely N-dealkylation sites (N-methyl/N-ethyl adjacent to an activating group) is 1. The number of phenols is 1. The van der Waals surface area contributed by atoms with Gasteiger partial charge in [-0.15, -0.1) is 0 Å². The normalized spacial score (nSPS) is 24.2. The number of nitrogens with one attached hydrogen (secondary N) is 1. The predicted octanol–water partition coefficient (Wildman–Crippen LogP) is 0.594. The quantitative estimate of drug-likeness (QED) is 0.184. The Morgan fingerprint density at radius 2 is 1.84 bits per heavy atom. The molecule has 38 heavy (non-hydrogen) atoms. The number of fused-ring (bicyclic) bond motifs is 2. The standard InChI is InChI=1S/C25H26N4O9/c1-29(2)20-15(32)8-11-7-10-3-4-12(28-25(37)16-5-6-27-38-16)21(33)18(10)22(34)17(11)13(30)9-14(31)19(23(20)35)24(26)36/h3-6,11,15,20,32-35H,7-9H2,1-2H3,(H2,26,36)(H,28,37)/b23-19-/t11-,15-,20-/m0/s1. The van der Waals surface area contributed by atoms with Gasteiger partial charge in [0.25, 0.3) is 11.8 Å². The van der Waals surface area contributed by atoms with Gasteiger partial charge >= 0.3 is 0 Å². The number of Topliss-reactive ketones (excluding diaryl/α,β-unsaturated/α-hetero) is 2. The zero-order chi connectivity index (χ0) is 27.9. The molecule has 0 bridgehead atoms. The van der Waals surface area contributed by atoms with Crippen molar-refractivity contribution in [3.8, 4) is 5.75 Å². The average molecular weight is 527 g/mol. The highest BCUT2D eigenvalue weighted by Gasteiger charge is 2.41. The lowest BCUT2D eigenvalue weighted by atomic mass is 9.75. The average Bonchev–Trinajstić information content (AvgIpc) is 3.35. The first-order valence-corrected chi connectivity index (χ1v) is 11.6. The van der Waals surface area contributed by atoms with Crippen LogP contribution in [-0.4, -0.2) is 80.1 Å². The van der Waals surface area contributed by atoms with Crippen LogP contribution in [0.2, 0.25) is 0 Å². The van der Waals surface area contributed by atoms with Gasteiger partial charge < -0.3 is 36.0 Å². The minimum absolute atomic E-state index is 0.0723. The molecule has 3 atom stereocenters. The van der Waals surface area contributed by atoms with Gasteiger partial charge in [0.15, 0.2) is 11.6 Å². The Morgan fingerprint density at radius 3 is 2.45 bits per heavy atom. The van der Waals surface area contributed by atoms with Gasteiger partial charge in [0, 0.05) is 11.6 Å². The molecule has 2 aliphatic carbocycles. The van der Waals surface area contributed by atoms with Crippen LogP contribution in [0.3, 0.4) is 0 Å². The maximum absolute atomic E-state index is 13.3. The van der Waals surface area contributed by atoms with Gasteiger partial charge in [-0.2, -0.15) is 0 Å². The number of nitrogens with two attached hydrogens (primary N) is 1. The zero-order valence-corrected chi connectivity index (χ0v) is 20.5. The molecule has 1 aromatic carbocycles. The largest absolute Gasteiger partial charge is 0.510 e. The second kappa shape index (κ2) is 10.1. The van der Waals surface area contributed by atoms with Crippen LogP contribution in [0.1, 0.15) is 34.5 Å². The molecular weight excluding hydrogens is 500 g/mol. The van der Waals surface area contributed by atoms with Crippen molar-refractivity contribution in [3.63, 3.8) is 0 Å². The lowest BCUT2D eigenvalue weighted by Crippen LogP contribution is -2.45. The maximum Gasteiger partial charge on any atom is 0.294 e. The van der Waals surface area contributed by atoms with Crippen LogP contribution in [0.25, 0.3) is 5.76 Å². The van der Waals surface area contributed by atoms with Crippen molar-refractivity contribution in [3.05, 3.63) is 58.2 Å². The van der Waals surface area contributed by atoms with Gasteiger partial charge in [-0.1, -0.05) is 11.2 Å². The number of amides is 2. The van der Waals surface area contributed by atoms with E-state index in [2.05, 4.69) is 10.5 Å². The van der Waals surface area contributed by atoms with E-state index in [1.54, 1.807) is 0 Å². The summed E-state index contributed by atoms with van der Waals surface area (Å²) in [6.07, 6.45) is -1.10. The van der Waals surface area contributed by atoms with Crippen molar-refractivity contribution in [1.29, 1.82) is 0 Å². The van der Waals surface area contributed by atoms with Gasteiger partial charge in [-0.3, -0.25) is 24.1 Å². The Kier molecular flexibility index (Phi) is 7.07. The van der Waals surface area contributed by atoms with E-state index >= 15 is 0 Å². The molecule has 2 aliphatic rings. The summed E-state index contributed by atoms with van der Waals surface area (Å²) in [7, 11) is 3.03. The number of benzene rings is 1. The number of phenolic OH excluding ortho intramolecular Hbond substituents is 1. The van der Waals surface area contributed by atoms with Gasteiger partial charge in [-0.25, -0.2) is 0 Å². The third-order valence-corrected chi connectivity index (χ3v) is 6.67. The number of carbonyl (C=O) groups excluding carboxylic acids is 4. The summed E-state index contributed by atoms with van der Waals surface area (Å²) in [5, 5.41) is 49.8. The molecule has 7 N–H and O–H groups in total. The Labute approximate surface area is 215 Å². The molecule has 0 saturated carbocycles. The topological polar surface area (TPSA) is 217 Å². The van der Waals surface area contributed by atoms with E-state index in [0.717, 1.165) is 0 Å². The first kappa shape index (κ1) is 26.6. The molecule has 2 amide bonds. The highest BCUT2D eigenvalue weighted by Crippen LogP contribution is 2.44. The molecule has 4 rings (SSSR count). The number of hydrogen-bond donors (Lipinski definition) is 6. The number of aromatic nitrogens is 1. The molecule has 0 unspecified atom stereocenters. The van der Waals surface area contributed by atoms with Crippen LogP contribution >= 0.6 is 0 Å². The van der Waals surface area contributed by atoms with E-state index in [1.165, 1.54) is 43.4 Å². The third kappa shape index (κ3) is 4.64. The summed E-state index contributed by atoms with van der Waals surface area (Å²) >= 11 is 0. The van der Waals surface area contributed by atoms with Crippen molar-refractivity contribution in [2.45, 2.75) is 31.4 Å². The molecule has 1 aromatic heterocycles. The molecular formula is C25H26N4O9. The van der Waals surface area contributed by atoms with Crippen molar-refractivity contribution in [2.24, 2.45) is 11.7 Å². The van der Waals surface area contributed by atoms with Crippen LogP contribution < -0.4 is 11.1 Å². The molecule has 0 saturated heterocycles. The van der Waals surface area contributed by atoms with Crippen LogP contribution in [-0.2, 0) is 20.8 Å². The predicted molar refractivity (Wildman–Crippen MR) is 131 cm³/mol. The number of primary amides is 1. The van der Waals surface area contributed by atoms with E-state index in [9.17, 15) is 39.6 Å². The van der Waals surface area contributed by atoms with Gasteiger partial charge in [0.1, 0.15) is 22.8 Å². The monoisotopic (exact) mass is 526 g/mol. The summed E-state index contributed by atoms with van der Waals surface area (Å²) in [6, 6.07) is 3.04. The second-order valence-electron chi connectivity index (χ2n) is 9.35. The molecule has 13 nitrogen and oxygen atoms in total. The lowest BCUT2D eigenvalue weighted by Gasteiger charge is -2.35. The highest BCUT2D eigenvalue weighted by molar-refractivity contribution is 6.25. The molecule has 0 radical (unpaired) electrons. The first-order valence-electron chi connectivity index (χ1n) is 11.6. The summed E-state index contributed by atoms with van der Waals surface area (Å²) in [5.41, 5.74) is 4.46. The number of ketones is 2. The van der Waals surface area contributed by atoms with Crippen molar-refractivity contribution in [2.75, 3.05) is 19.4 Å². The van der Waals surface area contributed by atoms with Crippen molar-refractivity contribution < 1.29 is 44.1 Å². The fourth-order valence-corrected chi connectivity index (χ4v) is 5.02. The van der Waals surface area contributed by atoms with Crippen LogP contribution in [0.4, 0.5) is 5.69 Å². The van der Waals surface area contributed by atoms with Crippen LogP contribution in [0, 0.1) is 5.92 Å². The number of rotatable bonds is 4. The summed E-state index contributed by atoms with van der Waals surface area (Å²) in [6.45, 7) is 0. The Balaban J connectivity index is 1.81. The molecule has 0 spiro atoms. The number of hydrogen-bond acceptors (Lipinski definition) is 11. The van der Waals surface area contributed by atoms with E-state index < -0.39 is 70.7 Å². The molecule has 0 fully saturated rings. The number of allylic oxidation sites excluding steroid dienone is 1. The molecule has 200 valence electrons. The SMILES string of the molecule is CN(C)[C@@H]1/C(O)=C(/C(N)=O)C(=O)CC(=O)C2=C(O)c3c(ccc(NC(=O)c4ccno4)c3O)C[C@H]2C[C@@H]1O. The van der Waals surface area contributed by atoms with Gasteiger partial charge in [0.2, 0.25) is 5.76 Å². The zero-order valence-electron chi connectivity index (χ0n) is 20.5. The Bertz CT molecular complexity index is 1390. The van der Waals surface area contributed by atoms with Crippen molar-refractivity contribution in [1.82, 2.24) is 10.1 Å². The maximum atomic E-state index is 13.3. The fourth-order valence-electron chi connectivity index (χ4n) is 5.02. The smallest absolute Gasteiger partial charge is 0.294 e. The first-order chi connectivity index (χ1) is 17.9. The Hall–Kier alpha value is -4.49. The van der Waals surface area contributed by atoms with Crippen LogP contribution in [0.5, 0.6) is 5.75 Å². The summed E-state index contributed by atoms with van der Waals surface area (Å²) in [5.74, 6) is -6.79. The van der Waals surface area contributed by atoms with E-state index in [4.69, 9.17) is 10.3 Å². The molecule has 13 heteroatoms. The number of anilines is 1. The number of aliphatic hydroxyl groups is 3. The van der Waals surface area contributed by atoms with E-state index in [0.29, 0.717) is 5.56 Å². The minimum Gasteiger partial charge on any atom is -0.510 e. The molecule has 2 aromatic rings. The van der Waals surface area contributed by atoms with E-state index in [1.807, 2.05) is 0 Å². The number of nitrogens with zero attached hydrogens (tertiary/aromatic N) is 2. The molecule has 0 aliphatic heterocycles. The summed E-state index contributed by atoms with van der Waals surface area (Å²) < 4.78 is 4.79. The molecule has 1 heterocycles. The summed E-state index contributed by atoms with van der Waals surface area (Å²) in [4.78, 5) is 51.9. The second-order valence-corrected chi connectivity index (χ2v) is 9.35. The van der Waals surface area contributed by atoms with Gasteiger partial charge in [-0.05, 0) is 44.5 Å². The van der Waals surface area contributed by atoms with Crippen molar-refractivity contribution >= 4 is 34.8 Å². The number of carbonyl (C=O) groups is 4. The van der Waals surface area contributed by atoms with Gasteiger partial charge in [0.05, 0.1) is 36.0 Å². The minimum atomic E-state index is -1.39. The number of aliphatic hydroxyl groups excluding tert-OH is 3. The van der Waals surface area contributed by atoms with Crippen LogP contribution in [0.15, 0.2) is 45.8 Å². The number of aromatic hydroxyl groups is 1. The highest BCUT2D eigenvalue weighted by atomic mass is 16.5.